The number of carbonyl (C=O) groups is 5. The van der Waals surface area contributed by atoms with Crippen LogP contribution >= 0.6 is 0 Å². The van der Waals surface area contributed by atoms with Crippen molar-refractivity contribution in [3.63, 3.8) is 0 Å². The second kappa shape index (κ2) is 16.1. The first-order chi connectivity index (χ1) is 22.9. The largest absolute Gasteiger partial charge is 0.481 e. The number of benzene rings is 2. The van der Waals surface area contributed by atoms with Gasteiger partial charge in [-0.15, -0.1) is 0 Å². The second-order valence-corrected chi connectivity index (χ2v) is 13.4. The van der Waals surface area contributed by atoms with E-state index in [1.165, 1.54) is 23.9 Å². The van der Waals surface area contributed by atoms with Crippen molar-refractivity contribution in [2.45, 2.75) is 83.8 Å². The number of amides is 4. The fourth-order valence-corrected chi connectivity index (χ4v) is 6.95. The molecule has 0 bridgehead atoms. The van der Waals surface area contributed by atoms with Gasteiger partial charge >= 0.3 is 12.1 Å². The van der Waals surface area contributed by atoms with Gasteiger partial charge in [0, 0.05) is 33.1 Å². The van der Waals surface area contributed by atoms with Crippen molar-refractivity contribution in [2.75, 3.05) is 33.8 Å². The van der Waals surface area contributed by atoms with Gasteiger partial charge in [-0.05, 0) is 53.4 Å². The summed E-state index contributed by atoms with van der Waals surface area (Å²) in [6.07, 6.45) is 1.93. The average Bonchev–Trinajstić information content (AvgIpc) is 3.40. The molecule has 0 spiro atoms. The monoisotopic (exact) mass is 662 g/mol. The highest BCUT2D eigenvalue weighted by Crippen LogP contribution is 2.44. The van der Waals surface area contributed by atoms with Gasteiger partial charge in [-0.2, -0.15) is 0 Å². The molecule has 1 fully saturated rings. The molecule has 4 amide bonds. The summed E-state index contributed by atoms with van der Waals surface area (Å²) in [6.45, 7) is 8.45. The highest BCUT2D eigenvalue weighted by molar-refractivity contribution is 5.95. The smallest absolute Gasteiger partial charge is 0.407 e. The number of piperidine rings is 1. The standard InChI is InChI=1S/C37H50N4O7/c1-7-24(4)32(38-37(47)48-22-29-27-17-11-9-15-25(27)26-16-10-12-18-28(26)29)35(45)40(6)33(23(2)3)36(46)39(5)30(21-31(42)43)34(44)41-19-13-8-14-20-41/h9-12,15-18,23-24,29-30,32-33H,7-8,13-14,19-22H2,1-6H3,(H,38,47)(H,42,43)/t24-,30-,32-,33-/m0/s1. The van der Waals surface area contributed by atoms with Crippen LogP contribution < -0.4 is 5.32 Å². The highest BCUT2D eigenvalue weighted by Gasteiger charge is 2.41. The number of fused-ring (bicyclic) bond motifs is 3. The Bertz CT molecular complexity index is 1440. The van der Waals surface area contributed by atoms with E-state index < -0.39 is 54.3 Å². The number of carboxylic acid groups (broad SMARTS) is 1. The predicted molar refractivity (Wildman–Crippen MR) is 182 cm³/mol. The molecule has 0 unspecified atom stereocenters. The number of aliphatic carboxylic acids is 1. The Morgan fingerprint density at radius 3 is 1.96 bits per heavy atom. The lowest BCUT2D eigenvalue weighted by Gasteiger charge is -2.39. The molecular weight excluding hydrogens is 612 g/mol. The molecule has 2 aromatic rings. The van der Waals surface area contributed by atoms with Gasteiger partial charge in [0.1, 0.15) is 24.7 Å². The number of nitrogens with zero attached hydrogens (tertiary/aromatic N) is 3. The van der Waals surface area contributed by atoms with Crippen molar-refractivity contribution in [1.82, 2.24) is 20.0 Å². The van der Waals surface area contributed by atoms with Crippen molar-refractivity contribution in [3.05, 3.63) is 59.7 Å². The lowest BCUT2D eigenvalue weighted by molar-refractivity contribution is -0.155. The first kappa shape index (κ1) is 36.4. The van der Waals surface area contributed by atoms with Crippen LogP contribution in [0.4, 0.5) is 4.79 Å². The molecule has 0 aromatic heterocycles. The fraction of sp³-hybridized carbons (Fsp3) is 0.541. The molecule has 4 atom stereocenters. The maximum Gasteiger partial charge on any atom is 0.407 e. The molecule has 1 heterocycles. The lowest BCUT2D eigenvalue weighted by atomic mass is 9.94. The van der Waals surface area contributed by atoms with E-state index in [0.29, 0.717) is 19.5 Å². The van der Waals surface area contributed by atoms with Gasteiger partial charge in [0.05, 0.1) is 6.42 Å². The van der Waals surface area contributed by atoms with E-state index in [0.717, 1.165) is 41.5 Å². The lowest BCUT2D eigenvalue weighted by Crippen LogP contribution is -2.60. The van der Waals surface area contributed by atoms with E-state index in [1.807, 2.05) is 50.2 Å². The number of carboxylic acids is 1. The number of likely N-dealkylation sites (N-methyl/N-ethyl adjacent to an activating group) is 2. The van der Waals surface area contributed by atoms with Gasteiger partial charge < -0.3 is 29.9 Å². The minimum absolute atomic E-state index is 0.0883. The zero-order chi connectivity index (χ0) is 35.1. The summed E-state index contributed by atoms with van der Waals surface area (Å²) >= 11 is 0. The van der Waals surface area contributed by atoms with Crippen LogP contribution in [0, 0.1) is 11.8 Å². The topological polar surface area (TPSA) is 137 Å². The highest BCUT2D eigenvalue weighted by atomic mass is 16.5. The summed E-state index contributed by atoms with van der Waals surface area (Å²) in [5, 5.41) is 12.4. The molecule has 48 heavy (non-hydrogen) atoms. The molecule has 260 valence electrons. The number of carbonyl (C=O) groups excluding carboxylic acids is 4. The Hall–Kier alpha value is -4.41. The molecule has 2 N–H and O–H groups in total. The number of hydrogen-bond acceptors (Lipinski definition) is 6. The van der Waals surface area contributed by atoms with Gasteiger partial charge in [0.25, 0.3) is 0 Å². The Morgan fingerprint density at radius 2 is 1.44 bits per heavy atom. The van der Waals surface area contributed by atoms with Crippen LogP contribution in [-0.2, 0) is 23.9 Å². The van der Waals surface area contributed by atoms with E-state index in [-0.39, 0.29) is 24.4 Å². The maximum absolute atomic E-state index is 14.1. The van der Waals surface area contributed by atoms with Crippen LogP contribution in [-0.4, -0.2) is 102 Å². The first-order valence-electron chi connectivity index (χ1n) is 17.0. The molecule has 1 saturated heterocycles. The summed E-state index contributed by atoms with van der Waals surface area (Å²) in [6, 6.07) is 12.9. The van der Waals surface area contributed by atoms with Crippen LogP contribution in [0.25, 0.3) is 11.1 Å². The third-order valence-electron chi connectivity index (χ3n) is 9.88. The van der Waals surface area contributed by atoms with Crippen molar-refractivity contribution in [3.8, 4) is 11.1 Å². The fourth-order valence-electron chi connectivity index (χ4n) is 6.95. The summed E-state index contributed by atoms with van der Waals surface area (Å²) in [7, 11) is 2.93. The van der Waals surface area contributed by atoms with Crippen molar-refractivity contribution < 1.29 is 33.8 Å². The summed E-state index contributed by atoms with van der Waals surface area (Å²) in [4.78, 5) is 70.8. The molecule has 0 saturated carbocycles. The van der Waals surface area contributed by atoms with E-state index in [9.17, 15) is 29.1 Å². The Labute approximate surface area is 283 Å². The number of likely N-dealkylation sites (tertiary alicyclic amines) is 1. The number of nitrogens with one attached hydrogen (secondary N) is 1. The Morgan fingerprint density at radius 1 is 0.875 bits per heavy atom. The Kier molecular flexibility index (Phi) is 12.2. The average molecular weight is 663 g/mol. The van der Waals surface area contributed by atoms with Gasteiger partial charge in [0.2, 0.25) is 17.7 Å². The normalized spacial score (nSPS) is 16.6. The van der Waals surface area contributed by atoms with E-state index in [4.69, 9.17) is 4.74 Å². The van der Waals surface area contributed by atoms with Crippen LogP contribution in [0.3, 0.4) is 0 Å². The van der Waals surface area contributed by atoms with E-state index >= 15 is 0 Å². The van der Waals surface area contributed by atoms with Gasteiger partial charge in [-0.1, -0.05) is 82.6 Å². The van der Waals surface area contributed by atoms with Crippen molar-refractivity contribution in [2.24, 2.45) is 11.8 Å². The molecule has 1 aliphatic carbocycles. The van der Waals surface area contributed by atoms with E-state index in [1.54, 1.807) is 18.7 Å². The minimum Gasteiger partial charge on any atom is -0.481 e. The van der Waals surface area contributed by atoms with Crippen LogP contribution in [0.1, 0.15) is 76.8 Å². The molecule has 11 heteroatoms. The number of hydrogen-bond donors (Lipinski definition) is 2. The van der Waals surface area contributed by atoms with Crippen molar-refractivity contribution >= 4 is 29.8 Å². The number of rotatable bonds is 13. The summed E-state index contributed by atoms with van der Waals surface area (Å²) in [5.74, 6) is -3.43. The SMILES string of the molecule is CC[C@H](C)[C@H](NC(=O)OCC1c2ccccc2-c2ccccc21)C(=O)N(C)[C@H](C(=O)N(C)[C@@H](CC(=O)O)C(=O)N1CCCCC1)C(C)C. The van der Waals surface area contributed by atoms with Crippen LogP contribution in [0.5, 0.6) is 0 Å². The zero-order valence-corrected chi connectivity index (χ0v) is 29.0. The first-order valence-corrected chi connectivity index (χ1v) is 17.0. The van der Waals surface area contributed by atoms with Crippen molar-refractivity contribution in [1.29, 1.82) is 0 Å². The Balaban J connectivity index is 1.48. The quantitative estimate of drug-likeness (QED) is 0.316. The van der Waals surface area contributed by atoms with Crippen LogP contribution in [0.15, 0.2) is 48.5 Å². The molecule has 2 aliphatic rings. The van der Waals surface area contributed by atoms with Gasteiger partial charge in [0.15, 0.2) is 0 Å². The molecular formula is C37H50N4O7. The second-order valence-electron chi connectivity index (χ2n) is 13.4. The third kappa shape index (κ3) is 7.99. The van der Waals surface area contributed by atoms with Gasteiger partial charge in [-0.3, -0.25) is 19.2 Å². The molecule has 11 nitrogen and oxygen atoms in total. The minimum atomic E-state index is -1.21. The molecule has 1 aliphatic heterocycles. The molecule has 0 radical (unpaired) electrons. The number of ether oxygens (including phenoxy) is 1. The molecule has 4 rings (SSSR count). The third-order valence-corrected chi connectivity index (χ3v) is 9.88. The summed E-state index contributed by atoms with van der Waals surface area (Å²) in [5.41, 5.74) is 4.36. The van der Waals surface area contributed by atoms with Gasteiger partial charge in [-0.25, -0.2) is 4.79 Å². The molecule has 2 aromatic carbocycles. The summed E-state index contributed by atoms with van der Waals surface area (Å²) < 4.78 is 5.75. The van der Waals surface area contributed by atoms with E-state index in [2.05, 4.69) is 17.4 Å². The zero-order valence-electron chi connectivity index (χ0n) is 29.0. The maximum atomic E-state index is 14.1. The number of alkyl carbamates (subject to hydrolysis) is 1. The predicted octanol–water partition coefficient (Wildman–Crippen LogP) is 4.74. The van der Waals surface area contributed by atoms with Crippen LogP contribution in [0.2, 0.25) is 0 Å².